The Bertz CT molecular complexity index is 1670. The van der Waals surface area contributed by atoms with Crippen LogP contribution in [0.1, 0.15) is 0 Å². The minimum Gasteiger partial charge on any atom is -0.398 e. The van der Waals surface area contributed by atoms with Gasteiger partial charge in [0, 0.05) is 38.0 Å². The van der Waals surface area contributed by atoms with Gasteiger partial charge in [0.1, 0.15) is 14.7 Å². The van der Waals surface area contributed by atoms with E-state index in [9.17, 15) is 38.9 Å². The minimum atomic E-state index is -4.79. The van der Waals surface area contributed by atoms with Crippen molar-refractivity contribution in [3.63, 3.8) is 0 Å². The Labute approximate surface area is 164 Å². The fourth-order valence-corrected chi connectivity index (χ4v) is 5.69. The van der Waals surface area contributed by atoms with Crippen LogP contribution >= 0.6 is 0 Å². The topological polar surface area (TPSA) is 189 Å². The molecule has 0 bridgehead atoms. The van der Waals surface area contributed by atoms with E-state index < -0.39 is 45.0 Å². The van der Waals surface area contributed by atoms with Crippen LogP contribution in [-0.4, -0.2) is 38.9 Å². The highest BCUT2D eigenvalue weighted by Gasteiger charge is 2.26. The van der Waals surface area contributed by atoms with Gasteiger partial charge in [-0.3, -0.25) is 13.7 Å². The Morgan fingerprint density at radius 2 is 0.931 bits per heavy atom. The van der Waals surface area contributed by atoms with E-state index in [4.69, 9.17) is 5.73 Å². The van der Waals surface area contributed by atoms with Gasteiger partial charge in [-0.25, -0.2) is 0 Å². The van der Waals surface area contributed by atoms with Gasteiger partial charge in [0.15, 0.2) is 0 Å². The highest BCUT2D eigenvalue weighted by molar-refractivity contribution is 7.86. The quantitative estimate of drug-likeness (QED) is 0.201. The second-order valence-corrected chi connectivity index (χ2v) is 10.5. The Morgan fingerprint density at radius 1 is 0.552 bits per heavy atom. The van der Waals surface area contributed by atoms with Crippen molar-refractivity contribution >= 4 is 68.4 Å². The average molecular weight is 457 g/mol. The summed E-state index contributed by atoms with van der Waals surface area (Å²) in [5.74, 6) is 0. The molecule has 0 radical (unpaired) electrons. The number of nitrogens with two attached hydrogens (primary N) is 1. The molecule has 0 unspecified atom stereocenters. The minimum absolute atomic E-state index is 0.00520. The molecular weight excluding hydrogens is 446 g/mol. The molecule has 0 aromatic heterocycles. The zero-order valence-electron chi connectivity index (χ0n) is 14.1. The molecular formula is C16H11NO9S3. The summed E-state index contributed by atoms with van der Waals surface area (Å²) in [4.78, 5) is -1.71. The van der Waals surface area contributed by atoms with Crippen LogP contribution in [0.2, 0.25) is 0 Å². The highest BCUT2D eigenvalue weighted by Crippen LogP contribution is 2.44. The van der Waals surface area contributed by atoms with E-state index in [1.807, 2.05) is 0 Å². The first-order chi connectivity index (χ1) is 13.2. The monoisotopic (exact) mass is 457 g/mol. The number of nitrogen functional groups attached to an aromatic ring is 1. The van der Waals surface area contributed by atoms with Gasteiger partial charge in [0.05, 0.1) is 0 Å². The Kier molecular flexibility index (Phi) is 3.91. The van der Waals surface area contributed by atoms with Gasteiger partial charge in [-0.05, 0) is 18.2 Å². The van der Waals surface area contributed by atoms with Crippen LogP contribution in [0.3, 0.4) is 0 Å². The molecule has 4 rings (SSSR count). The number of hydrogen-bond acceptors (Lipinski definition) is 7. The average Bonchev–Trinajstić information content (AvgIpc) is 2.57. The lowest BCUT2D eigenvalue weighted by atomic mass is 9.93. The summed E-state index contributed by atoms with van der Waals surface area (Å²) in [6.07, 6.45) is 0. The summed E-state index contributed by atoms with van der Waals surface area (Å²) >= 11 is 0. The lowest BCUT2D eigenvalue weighted by Crippen LogP contribution is -2.06. The number of benzene rings is 4. The Hall–Kier alpha value is -2.55. The maximum atomic E-state index is 11.9. The van der Waals surface area contributed by atoms with E-state index in [-0.39, 0.29) is 38.0 Å². The molecule has 4 aromatic rings. The molecule has 0 saturated heterocycles. The second-order valence-electron chi connectivity index (χ2n) is 6.33. The molecule has 0 atom stereocenters. The van der Waals surface area contributed by atoms with Crippen molar-refractivity contribution in [2.75, 3.05) is 5.73 Å². The van der Waals surface area contributed by atoms with E-state index >= 15 is 0 Å². The molecule has 0 saturated carbocycles. The third-order valence-corrected chi connectivity index (χ3v) is 7.35. The van der Waals surface area contributed by atoms with Crippen molar-refractivity contribution in [2.24, 2.45) is 0 Å². The summed E-state index contributed by atoms with van der Waals surface area (Å²) in [6.45, 7) is 0. The van der Waals surface area contributed by atoms with E-state index in [0.717, 1.165) is 30.3 Å². The van der Waals surface area contributed by atoms with Crippen LogP contribution in [0.15, 0.2) is 51.1 Å². The van der Waals surface area contributed by atoms with Crippen molar-refractivity contribution in [3.8, 4) is 0 Å². The first-order valence-corrected chi connectivity index (χ1v) is 12.0. The highest BCUT2D eigenvalue weighted by atomic mass is 32.2. The normalized spacial score (nSPS) is 13.6. The first kappa shape index (κ1) is 19.8. The van der Waals surface area contributed by atoms with Crippen molar-refractivity contribution < 1.29 is 38.9 Å². The van der Waals surface area contributed by atoms with Crippen LogP contribution in [0.4, 0.5) is 5.69 Å². The largest absolute Gasteiger partial charge is 0.398 e. The maximum absolute atomic E-state index is 11.9. The molecule has 29 heavy (non-hydrogen) atoms. The van der Waals surface area contributed by atoms with Crippen molar-refractivity contribution in [1.29, 1.82) is 0 Å². The predicted molar refractivity (Wildman–Crippen MR) is 104 cm³/mol. The van der Waals surface area contributed by atoms with Crippen molar-refractivity contribution in [3.05, 3.63) is 36.4 Å². The lowest BCUT2D eigenvalue weighted by molar-refractivity contribution is 0.481. The molecule has 0 aliphatic rings. The summed E-state index contributed by atoms with van der Waals surface area (Å²) in [5.41, 5.74) is 5.65. The number of anilines is 1. The SMILES string of the molecule is Nc1cc(S(=O)(=O)O)c2ccc3c(S(=O)(=O)O)ccc4c(S(=O)(=O)O)cc1c2c34. The molecule has 5 N–H and O–H groups in total. The number of hydrogen-bond donors (Lipinski definition) is 4. The zero-order chi connectivity index (χ0) is 21.5. The van der Waals surface area contributed by atoms with E-state index in [0.29, 0.717) is 0 Å². The van der Waals surface area contributed by atoms with Gasteiger partial charge in [0.25, 0.3) is 30.4 Å². The van der Waals surface area contributed by atoms with Gasteiger partial charge in [-0.15, -0.1) is 0 Å². The molecule has 4 aromatic carbocycles. The number of rotatable bonds is 3. The van der Waals surface area contributed by atoms with E-state index in [1.165, 1.54) is 6.07 Å². The van der Waals surface area contributed by atoms with Crippen molar-refractivity contribution in [2.45, 2.75) is 14.7 Å². The van der Waals surface area contributed by atoms with Crippen molar-refractivity contribution in [1.82, 2.24) is 0 Å². The molecule has 0 aliphatic carbocycles. The van der Waals surface area contributed by atoms with Gasteiger partial charge >= 0.3 is 0 Å². The molecule has 13 heteroatoms. The Morgan fingerprint density at radius 3 is 1.41 bits per heavy atom. The zero-order valence-corrected chi connectivity index (χ0v) is 16.5. The molecule has 0 heterocycles. The van der Waals surface area contributed by atoms with Gasteiger partial charge < -0.3 is 5.73 Å². The standard InChI is InChI=1S/C16H11NO9S3/c17-11-6-14(29(24,25)26)8-2-1-7-12(27(18,19)20)4-3-9-13(28(21,22)23)5-10(11)16(8)15(7)9/h1-6H,17H2,(H,18,19,20)(H,21,22,23)(H,24,25,26). The molecule has 0 fully saturated rings. The van der Waals surface area contributed by atoms with Crippen LogP contribution in [0.5, 0.6) is 0 Å². The first-order valence-electron chi connectivity index (χ1n) is 7.67. The summed E-state index contributed by atoms with van der Waals surface area (Å²) in [5, 5.41) is -0.322. The van der Waals surface area contributed by atoms with Gasteiger partial charge in [-0.2, -0.15) is 25.3 Å². The van der Waals surface area contributed by atoms with Crippen LogP contribution < -0.4 is 5.73 Å². The predicted octanol–water partition coefficient (Wildman–Crippen LogP) is 1.91. The van der Waals surface area contributed by atoms with E-state index in [2.05, 4.69) is 0 Å². The fraction of sp³-hybridized carbons (Fsp3) is 0. The third kappa shape index (κ3) is 2.90. The van der Waals surface area contributed by atoms with E-state index in [1.54, 1.807) is 0 Å². The lowest BCUT2D eigenvalue weighted by Gasteiger charge is -2.17. The smallest absolute Gasteiger partial charge is 0.295 e. The molecule has 0 aliphatic heterocycles. The summed E-state index contributed by atoms with van der Waals surface area (Å²) in [7, 11) is -14.3. The van der Waals surface area contributed by atoms with Crippen LogP contribution in [-0.2, 0) is 30.4 Å². The van der Waals surface area contributed by atoms with Gasteiger partial charge in [-0.1, -0.05) is 18.2 Å². The van der Waals surface area contributed by atoms with Crippen LogP contribution in [0, 0.1) is 0 Å². The summed E-state index contributed by atoms with van der Waals surface area (Å²) in [6, 6.07) is 6.33. The third-order valence-electron chi connectivity index (χ3n) is 4.65. The second kappa shape index (κ2) is 5.75. The Balaban J connectivity index is 2.47. The molecule has 152 valence electrons. The summed E-state index contributed by atoms with van der Waals surface area (Å²) < 4.78 is 99.7. The maximum Gasteiger partial charge on any atom is 0.295 e. The fourth-order valence-electron chi connectivity index (χ4n) is 3.57. The molecule has 10 nitrogen and oxygen atoms in total. The molecule has 0 spiro atoms. The molecule has 0 amide bonds. The van der Waals surface area contributed by atoms with Crippen LogP contribution in [0.25, 0.3) is 32.3 Å². The van der Waals surface area contributed by atoms with Gasteiger partial charge in [0.2, 0.25) is 0 Å².